The Bertz CT molecular complexity index is 1920. The van der Waals surface area contributed by atoms with E-state index in [0.29, 0.717) is 11.8 Å². The third-order valence-corrected chi connectivity index (χ3v) is 10.6. The van der Waals surface area contributed by atoms with E-state index in [-0.39, 0.29) is 10.8 Å². The van der Waals surface area contributed by atoms with E-state index >= 15 is 0 Å². The zero-order valence-corrected chi connectivity index (χ0v) is 40.5. The molecule has 6 aromatic carbocycles. The van der Waals surface area contributed by atoms with Gasteiger partial charge in [-0.25, -0.2) is 0 Å². The van der Waals surface area contributed by atoms with Gasteiger partial charge in [-0.15, -0.1) is 69.1 Å². The van der Waals surface area contributed by atoms with Crippen molar-refractivity contribution in [1.29, 1.82) is 0 Å². The first-order chi connectivity index (χ1) is 25.5. The van der Waals surface area contributed by atoms with Crippen LogP contribution in [0, 0.1) is 13.8 Å². The first-order valence-electron chi connectivity index (χ1n) is 19.6. The summed E-state index contributed by atoms with van der Waals surface area (Å²) in [6.45, 7) is 31.8. The maximum atomic E-state index is 4.93. The second kappa shape index (κ2) is 20.8. The van der Waals surface area contributed by atoms with Crippen LogP contribution in [0.2, 0.25) is 13.1 Å². The molecule has 54 heavy (non-hydrogen) atoms. The van der Waals surface area contributed by atoms with Gasteiger partial charge in [-0.05, 0) is 58.8 Å². The summed E-state index contributed by atoms with van der Waals surface area (Å²) in [5.74, 6) is 1.22. The first-order valence-corrected chi connectivity index (χ1v) is 28.0. The number of aryl methyl sites for hydroxylation is 2. The second-order valence-electron chi connectivity index (χ2n) is 16.9. The van der Waals surface area contributed by atoms with Crippen LogP contribution >= 0.6 is 17.0 Å². The van der Waals surface area contributed by atoms with Crippen LogP contribution in [0.3, 0.4) is 0 Å². The predicted octanol–water partition coefficient (Wildman–Crippen LogP) is 16.9. The van der Waals surface area contributed by atoms with Crippen LogP contribution in [0.1, 0.15) is 127 Å². The molecule has 0 amide bonds. The number of hydrogen-bond donors (Lipinski definition) is 0. The van der Waals surface area contributed by atoms with Gasteiger partial charge in [-0.1, -0.05) is 166 Å². The van der Waals surface area contributed by atoms with Gasteiger partial charge < -0.3 is 0 Å². The Morgan fingerprint density at radius 1 is 0.593 bits per heavy atom. The molecule has 0 aliphatic rings. The van der Waals surface area contributed by atoms with Gasteiger partial charge in [0, 0.05) is 9.52 Å². The van der Waals surface area contributed by atoms with Crippen molar-refractivity contribution in [1.82, 2.24) is 0 Å². The monoisotopic (exact) mass is 852 g/mol. The topological polar surface area (TPSA) is 0 Å². The van der Waals surface area contributed by atoms with Crippen molar-refractivity contribution in [3.8, 4) is 22.3 Å². The number of benzene rings is 4. The fourth-order valence-corrected chi connectivity index (χ4v) is 7.19. The molecule has 6 aromatic rings. The molecule has 0 fully saturated rings. The molecule has 0 saturated carbocycles. The number of rotatable bonds is 6. The average molecular weight is 855 g/mol. The van der Waals surface area contributed by atoms with E-state index in [1.54, 1.807) is 0 Å². The van der Waals surface area contributed by atoms with E-state index in [1.165, 1.54) is 90.0 Å². The first kappa shape index (κ1) is 46.2. The summed E-state index contributed by atoms with van der Waals surface area (Å²) in [6, 6.07) is 36.5. The summed E-state index contributed by atoms with van der Waals surface area (Å²) in [4.78, 5) is 0. The fraction of sp³-hybridized carbons (Fsp3) is 0.400. The molecule has 2 atom stereocenters. The second-order valence-corrected chi connectivity index (χ2v) is 21.6. The van der Waals surface area contributed by atoms with Crippen molar-refractivity contribution >= 4 is 48.1 Å². The van der Waals surface area contributed by atoms with E-state index in [4.69, 9.17) is 17.0 Å². The van der Waals surface area contributed by atoms with Crippen LogP contribution in [-0.2, 0) is 31.7 Å². The van der Waals surface area contributed by atoms with E-state index in [2.05, 4.69) is 193 Å². The van der Waals surface area contributed by atoms with Crippen LogP contribution in [0.25, 0.3) is 43.8 Å². The van der Waals surface area contributed by atoms with Crippen LogP contribution in [0.15, 0.2) is 97.1 Å². The van der Waals surface area contributed by atoms with Crippen molar-refractivity contribution in [2.45, 2.75) is 132 Å². The fourth-order valence-electron chi connectivity index (χ4n) is 7.19. The molecule has 0 aromatic heterocycles. The van der Waals surface area contributed by atoms with Gasteiger partial charge in [0.2, 0.25) is 0 Å². The Hall–Kier alpha value is -2.22. The Morgan fingerprint density at radius 2 is 0.907 bits per heavy atom. The molecule has 6 rings (SSSR count). The third kappa shape index (κ3) is 11.4. The summed E-state index contributed by atoms with van der Waals surface area (Å²) in [5, 5.41) is 5.56. The van der Waals surface area contributed by atoms with Crippen LogP contribution in [-0.4, -0.2) is 9.52 Å². The minimum atomic E-state index is -0.826. The molecule has 0 nitrogen and oxygen atoms in total. The molecular weight excluding hydrogens is 791 g/mol. The van der Waals surface area contributed by atoms with E-state index in [9.17, 15) is 0 Å². The molecule has 0 aliphatic heterocycles. The average Bonchev–Trinajstić information content (AvgIpc) is 3.76. The van der Waals surface area contributed by atoms with Gasteiger partial charge >= 0.3 is 37.9 Å². The normalized spacial score (nSPS) is 12.4. The van der Waals surface area contributed by atoms with E-state index in [1.807, 2.05) is 0 Å². The molecule has 0 saturated heterocycles. The molecule has 286 valence electrons. The van der Waals surface area contributed by atoms with Gasteiger partial charge in [0.15, 0.2) is 0 Å². The Balaban J connectivity index is 0.000000254. The Morgan fingerprint density at radius 3 is 1.19 bits per heavy atom. The van der Waals surface area contributed by atoms with Gasteiger partial charge in [0.05, 0.1) is 0 Å². The van der Waals surface area contributed by atoms with Crippen molar-refractivity contribution in [2.75, 3.05) is 0 Å². The number of hydrogen-bond acceptors (Lipinski definition) is 0. The minimum absolute atomic E-state index is 0.125. The SMILES string of the molecule is CCC(C)c1cc2c(-c3ccccc3C)c(C(C)(C)C)ccc2[cH-]1.CCC(C)c1cc2c(-c3ccccc3C)c(C(C)(C)C)ccc2[cH-]1.C[Si]C.[Cl][Zr+2][Cl]. The molecular formula is C50H64Cl2SiZr. The molecule has 0 aliphatic carbocycles. The van der Waals surface area contributed by atoms with Crippen LogP contribution in [0.5, 0.6) is 0 Å². The van der Waals surface area contributed by atoms with Gasteiger partial charge in [0.1, 0.15) is 0 Å². The quantitative estimate of drug-likeness (QED) is 0.116. The zero-order valence-electron chi connectivity index (χ0n) is 35.6. The van der Waals surface area contributed by atoms with Crippen molar-refractivity contribution < 1.29 is 20.8 Å². The van der Waals surface area contributed by atoms with Crippen molar-refractivity contribution in [2.24, 2.45) is 0 Å². The van der Waals surface area contributed by atoms with E-state index in [0.717, 1.165) is 9.52 Å². The number of fused-ring (bicyclic) bond motifs is 2. The molecule has 4 heteroatoms. The number of halogens is 2. The summed E-state index contributed by atoms with van der Waals surface area (Å²) < 4.78 is 0. The summed E-state index contributed by atoms with van der Waals surface area (Å²) >= 11 is -0.826. The molecule has 0 N–H and O–H groups in total. The zero-order chi connectivity index (χ0) is 40.4. The standard InChI is InChI=1S/2C24H29.C2H6Si.2ClH.Zr/c2*1-7-16(2)19-14-18-12-13-22(24(4,5)6)23(21(18)15-19)20-11-9-8-10-17(20)3;1-3-2;;;/h2*8-16H,7H2,1-6H3;1-2H3;2*1H;/q2*-1;;;;+4/p-2. The molecule has 2 radical (unpaired) electrons. The Kier molecular flexibility index (Phi) is 17.8. The molecule has 0 heterocycles. The van der Waals surface area contributed by atoms with E-state index < -0.39 is 20.8 Å². The van der Waals surface area contributed by atoms with Crippen molar-refractivity contribution in [3.63, 3.8) is 0 Å². The van der Waals surface area contributed by atoms with Crippen LogP contribution in [0.4, 0.5) is 0 Å². The predicted molar refractivity (Wildman–Crippen MR) is 243 cm³/mol. The third-order valence-electron chi connectivity index (χ3n) is 10.6. The molecule has 0 spiro atoms. The van der Waals surface area contributed by atoms with Crippen LogP contribution < -0.4 is 0 Å². The Labute approximate surface area is 350 Å². The van der Waals surface area contributed by atoms with Gasteiger partial charge in [0.25, 0.3) is 0 Å². The summed E-state index contributed by atoms with van der Waals surface area (Å²) in [6.07, 6.45) is 2.37. The molecule has 0 bridgehead atoms. The molecule has 2 unspecified atom stereocenters. The van der Waals surface area contributed by atoms with Gasteiger partial charge in [-0.3, -0.25) is 0 Å². The summed E-state index contributed by atoms with van der Waals surface area (Å²) in [5.41, 5.74) is 14.3. The maximum absolute atomic E-state index is 4.93. The van der Waals surface area contributed by atoms with Crippen molar-refractivity contribution in [3.05, 3.63) is 130 Å². The summed E-state index contributed by atoms with van der Waals surface area (Å²) in [7, 11) is 11.0. The van der Waals surface area contributed by atoms with Gasteiger partial charge in [-0.2, -0.15) is 12.1 Å².